The topological polar surface area (TPSA) is 3.24 Å². The van der Waals surface area contributed by atoms with E-state index in [1.54, 1.807) is 0 Å². The zero-order chi connectivity index (χ0) is 9.97. The number of hydrogen-bond donors (Lipinski definition) is 0. The minimum atomic E-state index is 0.649. The molecule has 1 saturated carbocycles. The van der Waals surface area contributed by atoms with Gasteiger partial charge in [0.05, 0.1) is 0 Å². The molecule has 0 N–H and O–H groups in total. The number of halogens is 2. The SMILES string of the molecule is Clc1ccc(N(Br)C2CCCC2)cc1. The monoisotopic (exact) mass is 273 g/mol. The summed E-state index contributed by atoms with van der Waals surface area (Å²) in [6.45, 7) is 0. The molecule has 0 atom stereocenters. The fourth-order valence-corrected chi connectivity index (χ4v) is 2.70. The van der Waals surface area contributed by atoms with E-state index in [-0.39, 0.29) is 0 Å². The predicted octanol–water partition coefficient (Wildman–Crippen LogP) is 4.40. The molecule has 0 radical (unpaired) electrons. The van der Waals surface area contributed by atoms with Gasteiger partial charge in [0.25, 0.3) is 0 Å². The molecule has 0 spiro atoms. The molecule has 1 nitrogen and oxygen atoms in total. The van der Waals surface area contributed by atoms with E-state index < -0.39 is 0 Å². The molecule has 2 rings (SSSR count). The van der Waals surface area contributed by atoms with Gasteiger partial charge in [-0.2, -0.15) is 0 Å². The van der Waals surface area contributed by atoms with Crippen LogP contribution in [-0.2, 0) is 0 Å². The molecule has 1 fully saturated rings. The average molecular weight is 275 g/mol. The van der Waals surface area contributed by atoms with Gasteiger partial charge in [-0.1, -0.05) is 24.4 Å². The summed E-state index contributed by atoms with van der Waals surface area (Å²) in [7, 11) is 0. The van der Waals surface area contributed by atoms with Crippen molar-refractivity contribution in [3.8, 4) is 0 Å². The highest BCUT2D eigenvalue weighted by Gasteiger charge is 2.20. The van der Waals surface area contributed by atoms with Crippen LogP contribution in [0.2, 0.25) is 5.02 Å². The molecule has 1 aliphatic rings. The van der Waals surface area contributed by atoms with Crippen molar-refractivity contribution in [1.82, 2.24) is 0 Å². The molecule has 1 aromatic rings. The molecule has 1 aromatic carbocycles. The van der Waals surface area contributed by atoms with E-state index in [0.717, 1.165) is 5.02 Å². The number of anilines is 1. The summed E-state index contributed by atoms with van der Waals surface area (Å²) in [6.07, 6.45) is 5.27. The first-order chi connectivity index (χ1) is 6.77. The summed E-state index contributed by atoms with van der Waals surface area (Å²) in [5, 5.41) is 0.793. The Morgan fingerprint density at radius 1 is 1.14 bits per heavy atom. The molecule has 0 saturated heterocycles. The molecule has 14 heavy (non-hydrogen) atoms. The molecule has 76 valence electrons. The molecule has 3 heteroatoms. The Bertz CT molecular complexity index is 293. The van der Waals surface area contributed by atoms with Gasteiger partial charge in [-0.15, -0.1) is 0 Å². The fourth-order valence-electron chi connectivity index (χ4n) is 1.93. The van der Waals surface area contributed by atoms with E-state index in [2.05, 4.69) is 32.2 Å². The minimum Gasteiger partial charge on any atom is -0.306 e. The lowest BCUT2D eigenvalue weighted by molar-refractivity contribution is 0.716. The number of nitrogens with zero attached hydrogens (tertiary/aromatic N) is 1. The zero-order valence-electron chi connectivity index (χ0n) is 7.92. The Balaban J connectivity index is 2.09. The highest BCUT2D eigenvalue weighted by Crippen LogP contribution is 2.31. The van der Waals surface area contributed by atoms with Crippen LogP contribution in [0.5, 0.6) is 0 Å². The van der Waals surface area contributed by atoms with Crippen LogP contribution in [-0.4, -0.2) is 6.04 Å². The maximum absolute atomic E-state index is 5.84. The third-order valence-corrected chi connectivity index (χ3v) is 3.96. The van der Waals surface area contributed by atoms with E-state index in [9.17, 15) is 0 Å². The third-order valence-electron chi connectivity index (χ3n) is 2.72. The minimum absolute atomic E-state index is 0.649. The van der Waals surface area contributed by atoms with Gasteiger partial charge in [0.1, 0.15) is 0 Å². The molecule has 0 unspecified atom stereocenters. The summed E-state index contributed by atoms with van der Waals surface area (Å²) in [4.78, 5) is 0. The summed E-state index contributed by atoms with van der Waals surface area (Å²) >= 11 is 9.47. The van der Waals surface area contributed by atoms with Gasteiger partial charge in [-0.3, -0.25) is 0 Å². The largest absolute Gasteiger partial charge is 0.306 e. The van der Waals surface area contributed by atoms with Crippen LogP contribution >= 0.6 is 27.7 Å². The van der Waals surface area contributed by atoms with Crippen molar-refractivity contribution in [2.45, 2.75) is 31.7 Å². The quantitative estimate of drug-likeness (QED) is 0.723. The Hall–Kier alpha value is -0.210. The molecule has 0 amide bonds. The first-order valence-corrected chi connectivity index (χ1v) is 6.06. The fraction of sp³-hybridized carbons (Fsp3) is 0.455. The Morgan fingerprint density at radius 2 is 1.71 bits per heavy atom. The Labute approximate surface area is 98.4 Å². The molecular formula is C11H13BrClN. The second-order valence-corrected chi connectivity index (χ2v) is 4.93. The Kier molecular flexibility index (Phi) is 3.34. The molecule has 0 bridgehead atoms. The molecule has 0 heterocycles. The van der Waals surface area contributed by atoms with Crippen LogP contribution in [0.3, 0.4) is 0 Å². The lowest BCUT2D eigenvalue weighted by atomic mass is 10.2. The second kappa shape index (κ2) is 4.54. The van der Waals surface area contributed by atoms with Crippen molar-refractivity contribution in [3.63, 3.8) is 0 Å². The van der Waals surface area contributed by atoms with Crippen molar-refractivity contribution < 1.29 is 0 Å². The summed E-state index contributed by atoms with van der Waals surface area (Å²) in [5.41, 5.74) is 1.20. The first kappa shape index (κ1) is 10.3. The van der Waals surface area contributed by atoms with Crippen molar-refractivity contribution >= 4 is 33.4 Å². The van der Waals surface area contributed by atoms with Gasteiger partial charge in [-0.05, 0) is 37.1 Å². The van der Waals surface area contributed by atoms with Crippen LogP contribution in [0, 0.1) is 0 Å². The molecular weight excluding hydrogens is 261 g/mol. The van der Waals surface area contributed by atoms with E-state index in [0.29, 0.717) is 6.04 Å². The average Bonchev–Trinajstić information content (AvgIpc) is 2.71. The van der Waals surface area contributed by atoms with Gasteiger partial charge in [0, 0.05) is 32.9 Å². The van der Waals surface area contributed by atoms with Gasteiger partial charge in [0.15, 0.2) is 0 Å². The smallest absolute Gasteiger partial charge is 0.0499 e. The van der Waals surface area contributed by atoms with Crippen LogP contribution < -0.4 is 3.93 Å². The van der Waals surface area contributed by atoms with Crippen molar-refractivity contribution in [3.05, 3.63) is 29.3 Å². The van der Waals surface area contributed by atoms with Gasteiger partial charge in [-0.25, -0.2) is 0 Å². The van der Waals surface area contributed by atoms with E-state index in [1.807, 2.05) is 12.1 Å². The first-order valence-electron chi connectivity index (χ1n) is 4.98. The van der Waals surface area contributed by atoms with E-state index in [1.165, 1.54) is 31.4 Å². The lowest BCUT2D eigenvalue weighted by Crippen LogP contribution is -2.22. The second-order valence-electron chi connectivity index (χ2n) is 3.73. The van der Waals surface area contributed by atoms with E-state index >= 15 is 0 Å². The van der Waals surface area contributed by atoms with Crippen LogP contribution in [0.1, 0.15) is 25.7 Å². The predicted molar refractivity (Wildman–Crippen MR) is 65.1 cm³/mol. The van der Waals surface area contributed by atoms with Crippen molar-refractivity contribution in [2.75, 3.05) is 3.93 Å². The third kappa shape index (κ3) is 2.23. The number of rotatable bonds is 2. The van der Waals surface area contributed by atoms with Crippen molar-refractivity contribution in [1.29, 1.82) is 0 Å². The normalized spacial score (nSPS) is 17.3. The molecule has 0 aromatic heterocycles. The van der Waals surface area contributed by atoms with Crippen LogP contribution in [0.25, 0.3) is 0 Å². The zero-order valence-corrected chi connectivity index (χ0v) is 10.3. The number of hydrogen-bond acceptors (Lipinski definition) is 1. The van der Waals surface area contributed by atoms with Crippen LogP contribution in [0.4, 0.5) is 5.69 Å². The summed E-state index contributed by atoms with van der Waals surface area (Å²) < 4.78 is 2.19. The highest BCUT2D eigenvalue weighted by atomic mass is 79.9. The molecule has 1 aliphatic carbocycles. The maximum Gasteiger partial charge on any atom is 0.0499 e. The summed E-state index contributed by atoms with van der Waals surface area (Å²) in [6, 6.07) is 8.61. The lowest BCUT2D eigenvalue weighted by Gasteiger charge is -2.23. The van der Waals surface area contributed by atoms with Gasteiger partial charge >= 0.3 is 0 Å². The number of benzene rings is 1. The van der Waals surface area contributed by atoms with E-state index in [4.69, 9.17) is 11.6 Å². The maximum atomic E-state index is 5.84. The van der Waals surface area contributed by atoms with Gasteiger partial charge < -0.3 is 3.93 Å². The highest BCUT2D eigenvalue weighted by molar-refractivity contribution is 9.10. The molecule has 0 aliphatic heterocycles. The summed E-state index contributed by atoms with van der Waals surface area (Å²) in [5.74, 6) is 0. The van der Waals surface area contributed by atoms with Gasteiger partial charge in [0.2, 0.25) is 0 Å². The standard InChI is InChI=1S/C11H13BrClN/c12-14(10-3-1-2-4-10)11-7-5-9(13)6-8-11/h5-8,10H,1-4H2. The van der Waals surface area contributed by atoms with Crippen molar-refractivity contribution in [2.24, 2.45) is 0 Å². The Morgan fingerprint density at radius 3 is 2.29 bits per heavy atom. The van der Waals surface area contributed by atoms with Crippen LogP contribution in [0.15, 0.2) is 24.3 Å².